The molecule has 0 spiro atoms. The van der Waals surface area contributed by atoms with E-state index in [2.05, 4.69) is 25.7 Å². The van der Waals surface area contributed by atoms with Crippen molar-refractivity contribution in [2.75, 3.05) is 13.1 Å². The Kier molecular flexibility index (Phi) is 5.30. The topological polar surface area (TPSA) is 23.5 Å². The van der Waals surface area contributed by atoms with Crippen LogP contribution in [0.5, 0.6) is 0 Å². The number of nitrogens with zero attached hydrogens (tertiary/aromatic N) is 1. The SMILES string of the molecule is CCC1CCC(C(O)C(C)(CC)N2CCCC2)CC1. The molecule has 1 saturated carbocycles. The molecule has 1 heterocycles. The fourth-order valence-electron chi connectivity index (χ4n) is 4.27. The lowest BCUT2D eigenvalue weighted by Gasteiger charge is -2.46. The average molecular weight is 267 g/mol. The molecule has 0 aromatic carbocycles. The van der Waals surface area contributed by atoms with Crippen molar-refractivity contribution in [2.24, 2.45) is 11.8 Å². The van der Waals surface area contributed by atoms with Crippen LogP contribution in [0.2, 0.25) is 0 Å². The molecular formula is C17H33NO. The first-order chi connectivity index (χ1) is 9.11. The standard InChI is InChI=1S/C17H33NO/c1-4-14-8-10-15(11-9-14)16(19)17(3,5-2)18-12-6-7-13-18/h14-16,19H,4-13H2,1-3H3. The summed E-state index contributed by atoms with van der Waals surface area (Å²) in [6, 6.07) is 0. The van der Waals surface area contributed by atoms with Gasteiger partial charge < -0.3 is 5.11 Å². The van der Waals surface area contributed by atoms with Gasteiger partial charge in [-0.15, -0.1) is 0 Å². The van der Waals surface area contributed by atoms with E-state index in [9.17, 15) is 5.11 Å². The lowest BCUT2D eigenvalue weighted by molar-refractivity contribution is -0.0569. The zero-order chi connectivity index (χ0) is 13.9. The van der Waals surface area contributed by atoms with E-state index in [1.54, 1.807) is 0 Å². The van der Waals surface area contributed by atoms with Crippen molar-refractivity contribution >= 4 is 0 Å². The molecular weight excluding hydrogens is 234 g/mol. The number of aliphatic hydroxyl groups excluding tert-OH is 1. The summed E-state index contributed by atoms with van der Waals surface area (Å²) in [6.07, 6.45) is 10.0. The largest absolute Gasteiger partial charge is 0.391 e. The van der Waals surface area contributed by atoms with Crippen LogP contribution in [0, 0.1) is 11.8 Å². The van der Waals surface area contributed by atoms with Gasteiger partial charge in [-0.1, -0.05) is 33.1 Å². The normalized spacial score (nSPS) is 34.1. The van der Waals surface area contributed by atoms with Crippen LogP contribution >= 0.6 is 0 Å². The summed E-state index contributed by atoms with van der Waals surface area (Å²) in [5, 5.41) is 11.0. The van der Waals surface area contributed by atoms with Crippen LogP contribution in [0.25, 0.3) is 0 Å². The van der Waals surface area contributed by atoms with Gasteiger partial charge in [0.25, 0.3) is 0 Å². The Hall–Kier alpha value is -0.0800. The maximum absolute atomic E-state index is 11.0. The Bertz CT molecular complexity index is 266. The van der Waals surface area contributed by atoms with Gasteiger partial charge in [0.2, 0.25) is 0 Å². The molecule has 1 aliphatic heterocycles. The van der Waals surface area contributed by atoms with E-state index >= 15 is 0 Å². The summed E-state index contributed by atoms with van der Waals surface area (Å²) in [5.74, 6) is 1.46. The molecule has 2 aliphatic rings. The van der Waals surface area contributed by atoms with Crippen LogP contribution in [0.1, 0.15) is 72.1 Å². The van der Waals surface area contributed by atoms with Gasteiger partial charge in [0, 0.05) is 5.54 Å². The molecule has 2 atom stereocenters. The lowest BCUT2D eigenvalue weighted by Crippen LogP contribution is -2.56. The predicted octanol–water partition coefficient (Wildman–Crippen LogP) is 3.83. The monoisotopic (exact) mass is 267 g/mol. The van der Waals surface area contributed by atoms with Crippen molar-refractivity contribution in [3.63, 3.8) is 0 Å². The highest BCUT2D eigenvalue weighted by Gasteiger charge is 2.42. The minimum atomic E-state index is -0.131. The summed E-state index contributed by atoms with van der Waals surface area (Å²) in [7, 11) is 0. The number of aliphatic hydroxyl groups is 1. The Morgan fingerprint density at radius 3 is 2.16 bits per heavy atom. The molecule has 2 heteroatoms. The minimum Gasteiger partial charge on any atom is -0.391 e. The van der Waals surface area contributed by atoms with Gasteiger partial charge in [-0.2, -0.15) is 0 Å². The van der Waals surface area contributed by atoms with Gasteiger partial charge in [-0.3, -0.25) is 4.90 Å². The van der Waals surface area contributed by atoms with Crippen LogP contribution in [-0.4, -0.2) is 34.7 Å². The molecule has 0 radical (unpaired) electrons. The van der Waals surface area contributed by atoms with Crippen molar-refractivity contribution in [3.05, 3.63) is 0 Å². The van der Waals surface area contributed by atoms with Crippen LogP contribution in [0.4, 0.5) is 0 Å². The number of rotatable bonds is 5. The Balaban J connectivity index is 1.98. The van der Waals surface area contributed by atoms with Gasteiger partial charge in [0.1, 0.15) is 0 Å². The van der Waals surface area contributed by atoms with Gasteiger partial charge in [-0.05, 0) is 64.0 Å². The van der Waals surface area contributed by atoms with Crippen molar-refractivity contribution in [1.82, 2.24) is 4.90 Å². The van der Waals surface area contributed by atoms with Crippen LogP contribution in [0.3, 0.4) is 0 Å². The average Bonchev–Trinajstić information content (AvgIpc) is 3.00. The highest BCUT2D eigenvalue weighted by atomic mass is 16.3. The second kappa shape index (κ2) is 6.58. The second-order valence-electron chi connectivity index (χ2n) is 7.04. The second-order valence-corrected chi connectivity index (χ2v) is 7.04. The lowest BCUT2D eigenvalue weighted by atomic mass is 9.72. The maximum Gasteiger partial charge on any atom is 0.0749 e. The van der Waals surface area contributed by atoms with Crippen LogP contribution in [0.15, 0.2) is 0 Å². The number of hydrogen-bond acceptors (Lipinski definition) is 2. The number of hydrogen-bond donors (Lipinski definition) is 1. The Morgan fingerprint density at radius 2 is 1.68 bits per heavy atom. The van der Waals surface area contributed by atoms with Gasteiger partial charge in [0.15, 0.2) is 0 Å². The summed E-state index contributed by atoms with van der Waals surface area (Å²) in [4.78, 5) is 2.56. The van der Waals surface area contributed by atoms with Gasteiger partial charge in [-0.25, -0.2) is 0 Å². The molecule has 2 unspecified atom stereocenters. The summed E-state index contributed by atoms with van der Waals surface area (Å²) < 4.78 is 0. The van der Waals surface area contributed by atoms with Gasteiger partial charge in [0.05, 0.1) is 6.10 Å². The smallest absolute Gasteiger partial charge is 0.0749 e. The fraction of sp³-hybridized carbons (Fsp3) is 1.00. The van der Waals surface area contributed by atoms with Crippen molar-refractivity contribution in [2.45, 2.75) is 83.8 Å². The third kappa shape index (κ3) is 3.16. The first-order valence-electron chi connectivity index (χ1n) is 8.55. The molecule has 1 aliphatic carbocycles. The highest BCUT2D eigenvalue weighted by molar-refractivity contribution is 4.97. The van der Waals surface area contributed by atoms with Crippen molar-refractivity contribution < 1.29 is 5.11 Å². The third-order valence-corrected chi connectivity index (χ3v) is 6.10. The third-order valence-electron chi connectivity index (χ3n) is 6.10. The molecule has 112 valence electrons. The van der Waals surface area contributed by atoms with E-state index in [0.29, 0.717) is 5.92 Å². The summed E-state index contributed by atoms with van der Waals surface area (Å²) in [5.41, 5.74) is 0.0141. The molecule has 0 amide bonds. The van der Waals surface area contributed by atoms with Gasteiger partial charge >= 0.3 is 0 Å². The maximum atomic E-state index is 11.0. The molecule has 0 aromatic heterocycles. The van der Waals surface area contributed by atoms with Crippen molar-refractivity contribution in [3.8, 4) is 0 Å². The molecule has 1 saturated heterocycles. The van der Waals surface area contributed by atoms with E-state index in [1.807, 2.05) is 0 Å². The molecule has 2 nitrogen and oxygen atoms in total. The quantitative estimate of drug-likeness (QED) is 0.818. The molecule has 1 N–H and O–H groups in total. The highest BCUT2D eigenvalue weighted by Crippen LogP contribution is 2.39. The summed E-state index contributed by atoms with van der Waals surface area (Å²) >= 11 is 0. The van der Waals surface area contributed by atoms with E-state index in [-0.39, 0.29) is 11.6 Å². The zero-order valence-electron chi connectivity index (χ0n) is 13.2. The van der Waals surface area contributed by atoms with Crippen LogP contribution < -0.4 is 0 Å². The van der Waals surface area contributed by atoms with E-state index in [4.69, 9.17) is 0 Å². The van der Waals surface area contributed by atoms with E-state index in [1.165, 1.54) is 58.0 Å². The molecule has 19 heavy (non-hydrogen) atoms. The number of likely N-dealkylation sites (tertiary alicyclic amines) is 1. The molecule has 2 rings (SSSR count). The zero-order valence-corrected chi connectivity index (χ0v) is 13.2. The Labute approximate surface area is 119 Å². The minimum absolute atomic E-state index is 0.0141. The van der Waals surface area contributed by atoms with Crippen molar-refractivity contribution in [1.29, 1.82) is 0 Å². The molecule has 0 aromatic rings. The summed E-state index contributed by atoms with van der Waals surface area (Å²) in [6.45, 7) is 9.23. The molecule has 0 bridgehead atoms. The first-order valence-corrected chi connectivity index (χ1v) is 8.55. The van der Waals surface area contributed by atoms with E-state index in [0.717, 1.165) is 12.3 Å². The Morgan fingerprint density at radius 1 is 1.11 bits per heavy atom. The predicted molar refractivity (Wildman–Crippen MR) is 81.2 cm³/mol. The molecule has 2 fully saturated rings. The fourth-order valence-corrected chi connectivity index (χ4v) is 4.27. The van der Waals surface area contributed by atoms with Crippen LogP contribution in [-0.2, 0) is 0 Å². The first kappa shape index (κ1) is 15.3. The van der Waals surface area contributed by atoms with E-state index < -0.39 is 0 Å².